The van der Waals surface area contributed by atoms with Crippen LogP contribution >= 0.6 is 11.6 Å². The Morgan fingerprint density at radius 3 is 2.46 bits per heavy atom. The van der Waals surface area contributed by atoms with Crippen LogP contribution < -0.4 is 14.8 Å². The average Bonchev–Trinajstić information content (AvgIpc) is 2.70. The second kappa shape index (κ2) is 9.24. The number of hydrogen-bond acceptors (Lipinski definition) is 3. The molecule has 4 nitrogen and oxygen atoms in total. The van der Waals surface area contributed by atoms with E-state index in [4.69, 9.17) is 21.1 Å². The minimum atomic E-state index is -0.520. The number of anilines is 1. The zero-order chi connectivity index (χ0) is 19.9. The first-order chi connectivity index (χ1) is 13.6. The van der Waals surface area contributed by atoms with Crippen molar-refractivity contribution in [2.24, 2.45) is 0 Å². The van der Waals surface area contributed by atoms with Gasteiger partial charge in [0.2, 0.25) is 0 Å². The highest BCUT2D eigenvalue weighted by atomic mass is 35.5. The summed E-state index contributed by atoms with van der Waals surface area (Å²) < 4.78 is 25.2. The van der Waals surface area contributed by atoms with Crippen LogP contribution in [0.25, 0.3) is 0 Å². The van der Waals surface area contributed by atoms with Gasteiger partial charge in [-0.1, -0.05) is 54.1 Å². The van der Waals surface area contributed by atoms with Gasteiger partial charge >= 0.3 is 0 Å². The first-order valence-corrected chi connectivity index (χ1v) is 9.15. The minimum absolute atomic E-state index is 0.0873. The normalized spacial score (nSPS) is 10.4. The first-order valence-electron chi connectivity index (χ1n) is 8.77. The summed E-state index contributed by atoms with van der Waals surface area (Å²) in [6.07, 6.45) is 0. The van der Waals surface area contributed by atoms with Crippen LogP contribution in [0.2, 0.25) is 5.02 Å². The molecule has 3 aromatic rings. The third kappa shape index (κ3) is 4.81. The van der Waals surface area contributed by atoms with E-state index in [0.717, 1.165) is 5.56 Å². The molecule has 0 atom stereocenters. The van der Waals surface area contributed by atoms with Gasteiger partial charge in [-0.15, -0.1) is 0 Å². The van der Waals surface area contributed by atoms with Crippen molar-refractivity contribution < 1.29 is 18.7 Å². The van der Waals surface area contributed by atoms with Crippen molar-refractivity contribution in [3.63, 3.8) is 0 Å². The van der Waals surface area contributed by atoms with Crippen molar-refractivity contribution in [1.82, 2.24) is 0 Å². The molecule has 144 valence electrons. The van der Waals surface area contributed by atoms with Crippen LogP contribution in [0.4, 0.5) is 10.1 Å². The molecule has 0 saturated carbocycles. The van der Waals surface area contributed by atoms with Gasteiger partial charge in [0.25, 0.3) is 5.91 Å². The van der Waals surface area contributed by atoms with Gasteiger partial charge in [0, 0.05) is 5.56 Å². The predicted octanol–water partition coefficient (Wildman–Crippen LogP) is 5.71. The summed E-state index contributed by atoms with van der Waals surface area (Å²) in [6, 6.07) is 18.5. The van der Waals surface area contributed by atoms with Crippen LogP contribution in [0.1, 0.15) is 22.8 Å². The van der Waals surface area contributed by atoms with Gasteiger partial charge in [0.05, 0.1) is 17.3 Å². The Morgan fingerprint density at radius 1 is 1.04 bits per heavy atom. The van der Waals surface area contributed by atoms with E-state index < -0.39 is 11.7 Å². The number of benzene rings is 3. The molecule has 0 aromatic heterocycles. The second-order valence-corrected chi connectivity index (χ2v) is 6.33. The number of hydrogen-bond donors (Lipinski definition) is 1. The van der Waals surface area contributed by atoms with E-state index in [2.05, 4.69) is 5.32 Å². The van der Waals surface area contributed by atoms with Crippen LogP contribution in [0.5, 0.6) is 11.5 Å². The van der Waals surface area contributed by atoms with E-state index in [-0.39, 0.29) is 22.9 Å². The molecule has 0 aliphatic rings. The zero-order valence-corrected chi connectivity index (χ0v) is 16.0. The van der Waals surface area contributed by atoms with Crippen molar-refractivity contribution in [3.05, 3.63) is 88.7 Å². The van der Waals surface area contributed by atoms with E-state index in [1.165, 1.54) is 24.3 Å². The Hall–Kier alpha value is -3.05. The lowest BCUT2D eigenvalue weighted by atomic mass is 10.1. The summed E-state index contributed by atoms with van der Waals surface area (Å²) in [6.45, 7) is 2.51. The lowest BCUT2D eigenvalue weighted by Gasteiger charge is -2.15. The maximum absolute atomic E-state index is 13.8. The molecule has 0 unspecified atom stereocenters. The van der Waals surface area contributed by atoms with Gasteiger partial charge in [-0.3, -0.25) is 4.79 Å². The fourth-order valence-electron chi connectivity index (χ4n) is 2.58. The molecule has 0 radical (unpaired) electrons. The monoisotopic (exact) mass is 399 g/mol. The SMILES string of the molecule is CCOc1c(Cl)cc(C(=O)Nc2ccccc2F)cc1OCc1ccccc1. The Balaban J connectivity index is 1.86. The number of rotatable bonds is 7. The van der Waals surface area contributed by atoms with Crippen LogP contribution in [0.15, 0.2) is 66.7 Å². The number of carbonyl (C=O) groups is 1. The number of para-hydroxylation sites is 1. The molecule has 0 bridgehead atoms. The largest absolute Gasteiger partial charge is 0.488 e. The third-order valence-electron chi connectivity index (χ3n) is 3.92. The second-order valence-electron chi connectivity index (χ2n) is 5.93. The van der Waals surface area contributed by atoms with Crippen molar-refractivity contribution in [1.29, 1.82) is 0 Å². The molecule has 0 heterocycles. The van der Waals surface area contributed by atoms with Gasteiger partial charge in [-0.2, -0.15) is 0 Å². The molecule has 6 heteroatoms. The fourth-order valence-corrected chi connectivity index (χ4v) is 2.85. The highest BCUT2D eigenvalue weighted by Gasteiger charge is 2.17. The Bertz CT molecular complexity index is 963. The molecule has 0 fully saturated rings. The standard InChI is InChI=1S/C22H19ClFNO3/c1-2-27-21-17(23)12-16(22(26)25-19-11-7-6-10-18(19)24)13-20(21)28-14-15-8-4-3-5-9-15/h3-13H,2,14H2,1H3,(H,25,26). The van der Waals surface area contributed by atoms with Gasteiger partial charge in [0.15, 0.2) is 11.5 Å². The summed E-state index contributed by atoms with van der Waals surface area (Å²) >= 11 is 6.31. The quantitative estimate of drug-likeness (QED) is 0.553. The molecule has 3 aromatic carbocycles. The number of nitrogens with one attached hydrogen (secondary N) is 1. The maximum Gasteiger partial charge on any atom is 0.255 e. The summed E-state index contributed by atoms with van der Waals surface area (Å²) in [7, 11) is 0. The number of carbonyl (C=O) groups excluding carboxylic acids is 1. The molecule has 1 amide bonds. The summed E-state index contributed by atoms with van der Waals surface area (Å²) in [5, 5.41) is 2.78. The van der Waals surface area contributed by atoms with Crippen molar-refractivity contribution in [2.45, 2.75) is 13.5 Å². The van der Waals surface area contributed by atoms with E-state index in [1.54, 1.807) is 12.1 Å². The third-order valence-corrected chi connectivity index (χ3v) is 4.20. The molecule has 28 heavy (non-hydrogen) atoms. The van der Waals surface area contributed by atoms with Gasteiger partial charge in [0.1, 0.15) is 12.4 Å². The van der Waals surface area contributed by atoms with E-state index >= 15 is 0 Å². The molecule has 0 aliphatic heterocycles. The summed E-state index contributed by atoms with van der Waals surface area (Å²) in [5.41, 5.74) is 1.28. The molecular formula is C22H19ClFNO3. The van der Waals surface area contributed by atoms with Crippen LogP contribution in [-0.4, -0.2) is 12.5 Å². The Morgan fingerprint density at radius 2 is 1.75 bits per heavy atom. The molecule has 1 N–H and O–H groups in total. The fraction of sp³-hybridized carbons (Fsp3) is 0.136. The molecule has 0 spiro atoms. The highest BCUT2D eigenvalue weighted by Crippen LogP contribution is 2.37. The Labute approximate surface area is 167 Å². The molecule has 3 rings (SSSR count). The molecule has 0 aliphatic carbocycles. The van der Waals surface area contributed by atoms with Crippen molar-refractivity contribution in [2.75, 3.05) is 11.9 Å². The van der Waals surface area contributed by atoms with Crippen LogP contribution in [0, 0.1) is 5.82 Å². The smallest absolute Gasteiger partial charge is 0.255 e. The topological polar surface area (TPSA) is 47.6 Å². The predicted molar refractivity (Wildman–Crippen MR) is 108 cm³/mol. The number of amides is 1. The van der Waals surface area contributed by atoms with Crippen molar-refractivity contribution in [3.8, 4) is 11.5 Å². The molecule has 0 saturated heterocycles. The molecular weight excluding hydrogens is 381 g/mol. The first kappa shape index (κ1) is 19.7. The van der Waals surface area contributed by atoms with E-state index in [0.29, 0.717) is 18.1 Å². The highest BCUT2D eigenvalue weighted by molar-refractivity contribution is 6.32. The van der Waals surface area contributed by atoms with E-state index in [9.17, 15) is 9.18 Å². The number of halogens is 2. The lowest BCUT2D eigenvalue weighted by molar-refractivity contribution is 0.102. The van der Waals surface area contributed by atoms with Gasteiger partial charge in [-0.25, -0.2) is 4.39 Å². The average molecular weight is 400 g/mol. The summed E-state index contributed by atoms with van der Waals surface area (Å²) in [4.78, 5) is 12.6. The van der Waals surface area contributed by atoms with Gasteiger partial charge in [-0.05, 0) is 36.8 Å². The van der Waals surface area contributed by atoms with Crippen LogP contribution in [-0.2, 0) is 6.61 Å². The maximum atomic E-state index is 13.8. The van der Waals surface area contributed by atoms with E-state index in [1.807, 2.05) is 37.3 Å². The van der Waals surface area contributed by atoms with Gasteiger partial charge < -0.3 is 14.8 Å². The lowest BCUT2D eigenvalue weighted by Crippen LogP contribution is -2.13. The van der Waals surface area contributed by atoms with Crippen molar-refractivity contribution >= 4 is 23.2 Å². The zero-order valence-electron chi connectivity index (χ0n) is 15.2. The Kier molecular flexibility index (Phi) is 6.50. The van der Waals surface area contributed by atoms with Crippen LogP contribution in [0.3, 0.4) is 0 Å². The minimum Gasteiger partial charge on any atom is -0.488 e. The summed E-state index contributed by atoms with van der Waals surface area (Å²) in [5.74, 6) is -0.313. The number of ether oxygens (including phenoxy) is 2.